The first-order valence-electron chi connectivity index (χ1n) is 5.89. The second-order valence-electron chi connectivity index (χ2n) is 4.13. The molecule has 1 aromatic rings. The quantitative estimate of drug-likeness (QED) is 0.581. The fraction of sp³-hybridized carbons (Fsp3) is 0.429. The van der Waals surface area contributed by atoms with Crippen LogP contribution in [0.2, 0.25) is 0 Å². The van der Waals surface area contributed by atoms with Gasteiger partial charge in [0.25, 0.3) is 0 Å². The van der Waals surface area contributed by atoms with Gasteiger partial charge in [0.1, 0.15) is 18.2 Å². The fourth-order valence-corrected chi connectivity index (χ4v) is 1.45. The molecule has 94 valence electrons. The minimum absolute atomic E-state index is 0.238. The molecule has 0 saturated carbocycles. The van der Waals surface area contributed by atoms with E-state index < -0.39 is 0 Å². The van der Waals surface area contributed by atoms with Crippen molar-refractivity contribution in [3.63, 3.8) is 0 Å². The van der Waals surface area contributed by atoms with Crippen molar-refractivity contribution in [2.24, 2.45) is 0 Å². The summed E-state index contributed by atoms with van der Waals surface area (Å²) < 4.78 is 18.4. The number of hydrogen-bond donors (Lipinski definition) is 1. The first kappa shape index (κ1) is 13.7. The first-order valence-corrected chi connectivity index (χ1v) is 5.89. The molecule has 0 fully saturated rings. The molecule has 2 nitrogen and oxygen atoms in total. The Morgan fingerprint density at radius 3 is 2.88 bits per heavy atom. The molecule has 0 aromatic heterocycles. The van der Waals surface area contributed by atoms with Gasteiger partial charge in [-0.1, -0.05) is 13.5 Å². The van der Waals surface area contributed by atoms with Crippen LogP contribution in [-0.4, -0.2) is 19.7 Å². The van der Waals surface area contributed by atoms with Gasteiger partial charge >= 0.3 is 0 Å². The monoisotopic (exact) mass is 237 g/mol. The van der Waals surface area contributed by atoms with E-state index in [-0.39, 0.29) is 5.82 Å². The largest absolute Gasteiger partial charge is 0.489 e. The summed E-state index contributed by atoms with van der Waals surface area (Å²) in [7, 11) is 0. The van der Waals surface area contributed by atoms with Gasteiger partial charge in [0, 0.05) is 6.54 Å². The average Bonchev–Trinajstić information content (AvgIpc) is 2.28. The van der Waals surface area contributed by atoms with E-state index in [0.29, 0.717) is 12.4 Å². The zero-order valence-electron chi connectivity index (χ0n) is 10.6. The third kappa shape index (κ3) is 5.00. The summed E-state index contributed by atoms with van der Waals surface area (Å²) in [6.45, 7) is 10.1. The maximum absolute atomic E-state index is 12.9. The Balaban J connectivity index is 2.37. The van der Waals surface area contributed by atoms with Crippen LogP contribution in [0.5, 0.6) is 5.75 Å². The second-order valence-corrected chi connectivity index (χ2v) is 4.13. The Hall–Kier alpha value is -1.35. The minimum Gasteiger partial charge on any atom is -0.489 e. The normalized spacial score (nSPS) is 10.3. The number of ether oxygens (including phenoxy) is 1. The molecular weight excluding hydrogens is 217 g/mol. The van der Waals surface area contributed by atoms with Gasteiger partial charge in [-0.15, -0.1) is 0 Å². The van der Waals surface area contributed by atoms with Gasteiger partial charge in [-0.2, -0.15) is 0 Å². The number of aryl methyl sites for hydroxylation is 1. The molecule has 1 N–H and O–H groups in total. The molecule has 0 spiro atoms. The summed E-state index contributed by atoms with van der Waals surface area (Å²) in [6.07, 6.45) is 1.10. The van der Waals surface area contributed by atoms with Crippen molar-refractivity contribution in [3.05, 3.63) is 41.7 Å². The van der Waals surface area contributed by atoms with E-state index in [2.05, 4.69) is 18.8 Å². The van der Waals surface area contributed by atoms with E-state index in [0.717, 1.165) is 30.6 Å². The third-order valence-corrected chi connectivity index (χ3v) is 2.37. The van der Waals surface area contributed by atoms with Crippen LogP contribution in [0.3, 0.4) is 0 Å². The lowest BCUT2D eigenvalue weighted by atomic mass is 10.2. The summed E-state index contributed by atoms with van der Waals surface area (Å²) in [6, 6.07) is 4.52. The zero-order valence-corrected chi connectivity index (χ0v) is 10.6. The van der Waals surface area contributed by atoms with Crippen molar-refractivity contribution in [2.45, 2.75) is 20.3 Å². The van der Waals surface area contributed by atoms with Gasteiger partial charge in [0.15, 0.2) is 0 Å². The van der Waals surface area contributed by atoms with Crippen molar-refractivity contribution in [1.82, 2.24) is 5.32 Å². The topological polar surface area (TPSA) is 21.3 Å². The molecule has 0 bridgehead atoms. The molecule has 1 aromatic carbocycles. The van der Waals surface area contributed by atoms with E-state index in [1.807, 2.05) is 6.92 Å². The molecule has 0 aliphatic rings. The van der Waals surface area contributed by atoms with Crippen molar-refractivity contribution in [2.75, 3.05) is 19.7 Å². The Morgan fingerprint density at radius 2 is 2.24 bits per heavy atom. The molecule has 0 unspecified atom stereocenters. The summed E-state index contributed by atoms with van der Waals surface area (Å²) >= 11 is 0. The van der Waals surface area contributed by atoms with E-state index >= 15 is 0 Å². The van der Waals surface area contributed by atoms with Crippen LogP contribution in [0.1, 0.15) is 18.9 Å². The Morgan fingerprint density at radius 1 is 1.47 bits per heavy atom. The molecule has 3 heteroatoms. The lowest BCUT2D eigenvalue weighted by molar-refractivity contribution is 0.345. The molecule has 0 heterocycles. The third-order valence-electron chi connectivity index (χ3n) is 2.37. The maximum atomic E-state index is 12.9. The van der Waals surface area contributed by atoms with Crippen LogP contribution >= 0.6 is 0 Å². The van der Waals surface area contributed by atoms with Gasteiger partial charge in [0.2, 0.25) is 0 Å². The molecule has 0 amide bonds. The number of nitrogens with one attached hydrogen (secondary N) is 1. The highest BCUT2D eigenvalue weighted by Gasteiger charge is 2.02. The number of rotatable bonds is 7. The Kier molecular flexibility index (Phi) is 5.70. The molecule has 0 atom stereocenters. The lowest BCUT2D eigenvalue weighted by Gasteiger charge is -2.11. The summed E-state index contributed by atoms with van der Waals surface area (Å²) in [5, 5.41) is 3.26. The van der Waals surface area contributed by atoms with Gasteiger partial charge in [-0.05, 0) is 49.2 Å². The Labute approximate surface area is 102 Å². The smallest absolute Gasteiger partial charge is 0.123 e. The maximum Gasteiger partial charge on any atom is 0.123 e. The van der Waals surface area contributed by atoms with Gasteiger partial charge < -0.3 is 10.1 Å². The van der Waals surface area contributed by atoms with Crippen LogP contribution < -0.4 is 10.1 Å². The van der Waals surface area contributed by atoms with E-state index in [1.165, 1.54) is 12.1 Å². The molecule has 1 rings (SSSR count). The molecular formula is C14H20FNO. The van der Waals surface area contributed by atoms with Crippen molar-refractivity contribution in [1.29, 1.82) is 0 Å². The molecule has 0 aliphatic heterocycles. The molecule has 17 heavy (non-hydrogen) atoms. The second kappa shape index (κ2) is 7.07. The highest BCUT2D eigenvalue weighted by Crippen LogP contribution is 2.18. The predicted octanol–water partition coefficient (Wildman–Crippen LogP) is 3.07. The van der Waals surface area contributed by atoms with Crippen molar-refractivity contribution >= 4 is 0 Å². The van der Waals surface area contributed by atoms with Gasteiger partial charge in [-0.3, -0.25) is 0 Å². The van der Waals surface area contributed by atoms with Gasteiger partial charge in [-0.25, -0.2) is 4.39 Å². The van der Waals surface area contributed by atoms with E-state index in [1.54, 1.807) is 6.07 Å². The summed E-state index contributed by atoms with van der Waals surface area (Å²) in [4.78, 5) is 0. The average molecular weight is 237 g/mol. The van der Waals surface area contributed by atoms with E-state index in [4.69, 9.17) is 4.74 Å². The SMILES string of the molecule is C=C(CNCCC)COc1ccc(F)cc1C. The predicted molar refractivity (Wildman–Crippen MR) is 68.9 cm³/mol. The Bertz CT molecular complexity index is 376. The van der Waals surface area contributed by atoms with Crippen molar-refractivity contribution in [3.8, 4) is 5.75 Å². The number of benzene rings is 1. The van der Waals surface area contributed by atoms with Crippen LogP contribution in [-0.2, 0) is 0 Å². The molecule has 0 radical (unpaired) electrons. The van der Waals surface area contributed by atoms with Crippen LogP contribution in [0, 0.1) is 12.7 Å². The summed E-state index contributed by atoms with van der Waals surface area (Å²) in [5.74, 6) is 0.473. The van der Waals surface area contributed by atoms with Crippen LogP contribution in [0.4, 0.5) is 4.39 Å². The number of halogens is 1. The fourth-order valence-electron chi connectivity index (χ4n) is 1.45. The standard InChI is InChI=1S/C14H20FNO/c1-4-7-16-9-11(2)10-17-14-6-5-13(15)8-12(14)3/h5-6,8,16H,2,4,7,9-10H2,1,3H3. The van der Waals surface area contributed by atoms with Crippen molar-refractivity contribution < 1.29 is 9.13 Å². The minimum atomic E-state index is -0.238. The summed E-state index contributed by atoms with van der Waals surface area (Å²) in [5.41, 5.74) is 1.79. The van der Waals surface area contributed by atoms with Crippen LogP contribution in [0.15, 0.2) is 30.4 Å². The molecule has 0 aliphatic carbocycles. The highest BCUT2D eigenvalue weighted by molar-refractivity contribution is 5.32. The first-order chi connectivity index (χ1) is 8.13. The van der Waals surface area contributed by atoms with E-state index in [9.17, 15) is 4.39 Å². The van der Waals surface area contributed by atoms with Gasteiger partial charge in [0.05, 0.1) is 0 Å². The zero-order chi connectivity index (χ0) is 12.7. The lowest BCUT2D eigenvalue weighted by Crippen LogP contribution is -2.20. The molecule has 0 saturated heterocycles. The van der Waals surface area contributed by atoms with Crippen LogP contribution in [0.25, 0.3) is 0 Å². The number of hydrogen-bond acceptors (Lipinski definition) is 2. The highest BCUT2D eigenvalue weighted by atomic mass is 19.1.